The maximum absolute atomic E-state index is 11.9. The highest BCUT2D eigenvalue weighted by Crippen LogP contribution is 2.49. The normalized spacial score (nSPS) is 27.0. The van der Waals surface area contributed by atoms with Crippen LogP contribution in [0.3, 0.4) is 0 Å². The van der Waals surface area contributed by atoms with Crippen LogP contribution < -0.4 is 11.1 Å². The average molecular weight is 286 g/mol. The van der Waals surface area contributed by atoms with Crippen molar-refractivity contribution in [2.24, 2.45) is 17.8 Å². The minimum atomic E-state index is 0.154. The lowest BCUT2D eigenvalue weighted by Gasteiger charge is -2.21. The Morgan fingerprint density at radius 1 is 1.24 bits per heavy atom. The molecule has 2 bridgehead atoms. The van der Waals surface area contributed by atoms with Crippen LogP contribution in [0.25, 0.3) is 0 Å². The van der Waals surface area contributed by atoms with Gasteiger partial charge in [-0.05, 0) is 61.5 Å². The first-order valence-electron chi connectivity index (χ1n) is 8.32. The maximum atomic E-state index is 11.9. The first kappa shape index (κ1) is 14.4. The molecule has 0 spiro atoms. The number of amides is 1. The standard InChI is InChI=1S/C18H26N2O/c19-17-4-2-1-3-14(17)7-8-18(21)20-10-9-16-12-13-5-6-15(16)11-13/h1-4,13,15-16H,5-12,19H2,(H,20,21). The van der Waals surface area contributed by atoms with Crippen LogP contribution in [-0.4, -0.2) is 12.5 Å². The third-order valence-electron chi connectivity index (χ3n) is 5.40. The SMILES string of the molecule is Nc1ccccc1CCC(=O)NCCC1CC2CCC1C2. The summed E-state index contributed by atoms with van der Waals surface area (Å²) in [5, 5.41) is 3.08. The smallest absolute Gasteiger partial charge is 0.220 e. The number of fused-ring (bicyclic) bond motifs is 2. The molecule has 2 aliphatic carbocycles. The zero-order valence-electron chi connectivity index (χ0n) is 12.7. The predicted molar refractivity (Wildman–Crippen MR) is 85.7 cm³/mol. The number of carbonyl (C=O) groups excluding carboxylic acids is 1. The molecule has 1 aromatic rings. The third kappa shape index (κ3) is 3.58. The van der Waals surface area contributed by atoms with Crippen molar-refractivity contribution in [2.45, 2.75) is 44.9 Å². The first-order chi connectivity index (χ1) is 10.2. The van der Waals surface area contributed by atoms with Crippen molar-refractivity contribution in [1.82, 2.24) is 5.32 Å². The van der Waals surface area contributed by atoms with Gasteiger partial charge in [-0.15, -0.1) is 0 Å². The summed E-state index contributed by atoms with van der Waals surface area (Å²) < 4.78 is 0. The molecular formula is C18H26N2O. The number of hydrogen-bond acceptors (Lipinski definition) is 2. The molecule has 21 heavy (non-hydrogen) atoms. The molecule has 0 aliphatic heterocycles. The van der Waals surface area contributed by atoms with Crippen LogP contribution in [0.1, 0.15) is 44.1 Å². The van der Waals surface area contributed by atoms with Gasteiger partial charge in [0, 0.05) is 18.7 Å². The topological polar surface area (TPSA) is 55.1 Å². The number of carbonyl (C=O) groups is 1. The van der Waals surface area contributed by atoms with E-state index in [-0.39, 0.29) is 5.91 Å². The van der Waals surface area contributed by atoms with Crippen LogP contribution in [0.5, 0.6) is 0 Å². The van der Waals surface area contributed by atoms with Crippen LogP contribution in [-0.2, 0) is 11.2 Å². The fraction of sp³-hybridized carbons (Fsp3) is 0.611. The Labute approximate surface area is 127 Å². The number of nitrogen functional groups attached to an aromatic ring is 1. The van der Waals surface area contributed by atoms with E-state index in [0.717, 1.165) is 42.0 Å². The molecule has 3 N–H and O–H groups in total. The Morgan fingerprint density at radius 3 is 2.81 bits per heavy atom. The summed E-state index contributed by atoms with van der Waals surface area (Å²) in [4.78, 5) is 11.9. The van der Waals surface area contributed by atoms with Gasteiger partial charge in [0.05, 0.1) is 0 Å². The Bertz CT molecular complexity index is 500. The second kappa shape index (κ2) is 6.50. The van der Waals surface area contributed by atoms with Crippen molar-refractivity contribution in [2.75, 3.05) is 12.3 Å². The second-order valence-corrected chi connectivity index (χ2v) is 6.77. The van der Waals surface area contributed by atoms with Crippen molar-refractivity contribution in [3.63, 3.8) is 0 Å². The van der Waals surface area contributed by atoms with E-state index in [9.17, 15) is 4.79 Å². The number of aryl methyl sites for hydroxylation is 1. The molecule has 3 unspecified atom stereocenters. The highest BCUT2D eigenvalue weighted by atomic mass is 16.1. The Hall–Kier alpha value is -1.51. The van der Waals surface area contributed by atoms with E-state index in [4.69, 9.17) is 5.73 Å². The van der Waals surface area contributed by atoms with Crippen LogP contribution in [0.4, 0.5) is 5.69 Å². The summed E-state index contributed by atoms with van der Waals surface area (Å²) >= 11 is 0. The van der Waals surface area contributed by atoms with E-state index < -0.39 is 0 Å². The molecule has 2 aliphatic rings. The Kier molecular flexibility index (Phi) is 4.47. The summed E-state index contributed by atoms with van der Waals surface area (Å²) in [5.74, 6) is 2.98. The molecule has 3 atom stereocenters. The average Bonchev–Trinajstić information content (AvgIpc) is 3.09. The number of anilines is 1. The quantitative estimate of drug-likeness (QED) is 0.789. The fourth-order valence-electron chi connectivity index (χ4n) is 4.23. The van der Waals surface area contributed by atoms with E-state index in [1.807, 2.05) is 24.3 Å². The van der Waals surface area contributed by atoms with E-state index in [2.05, 4.69) is 5.32 Å². The molecular weight excluding hydrogens is 260 g/mol. The molecule has 2 saturated carbocycles. The lowest BCUT2D eigenvalue weighted by Crippen LogP contribution is -2.27. The second-order valence-electron chi connectivity index (χ2n) is 6.77. The molecule has 0 saturated heterocycles. The van der Waals surface area contributed by atoms with Crippen molar-refractivity contribution in [3.8, 4) is 0 Å². The zero-order chi connectivity index (χ0) is 14.7. The van der Waals surface area contributed by atoms with Gasteiger partial charge in [-0.2, -0.15) is 0 Å². The number of nitrogens with one attached hydrogen (secondary N) is 1. The van der Waals surface area contributed by atoms with Gasteiger partial charge in [0.25, 0.3) is 0 Å². The first-order valence-corrected chi connectivity index (χ1v) is 8.32. The Morgan fingerprint density at radius 2 is 2.10 bits per heavy atom. The molecule has 3 heteroatoms. The van der Waals surface area contributed by atoms with E-state index in [0.29, 0.717) is 6.42 Å². The number of rotatable bonds is 6. The van der Waals surface area contributed by atoms with Crippen molar-refractivity contribution in [1.29, 1.82) is 0 Å². The third-order valence-corrected chi connectivity index (χ3v) is 5.40. The van der Waals surface area contributed by atoms with Crippen LogP contribution in [0.2, 0.25) is 0 Å². The van der Waals surface area contributed by atoms with Crippen molar-refractivity contribution >= 4 is 11.6 Å². The number of nitrogens with two attached hydrogens (primary N) is 1. The van der Waals surface area contributed by atoms with E-state index in [1.165, 1.54) is 32.1 Å². The van der Waals surface area contributed by atoms with Gasteiger partial charge in [0.1, 0.15) is 0 Å². The number of hydrogen-bond donors (Lipinski definition) is 2. The molecule has 0 heterocycles. The predicted octanol–water partition coefficient (Wildman–Crippen LogP) is 3.14. The van der Waals surface area contributed by atoms with E-state index >= 15 is 0 Å². The molecule has 1 amide bonds. The van der Waals surface area contributed by atoms with Gasteiger partial charge in [0.2, 0.25) is 5.91 Å². The van der Waals surface area contributed by atoms with Crippen molar-refractivity contribution in [3.05, 3.63) is 29.8 Å². The molecule has 3 nitrogen and oxygen atoms in total. The molecule has 0 aromatic heterocycles. The summed E-state index contributed by atoms with van der Waals surface area (Å²) in [7, 11) is 0. The van der Waals surface area contributed by atoms with Crippen LogP contribution in [0, 0.1) is 17.8 Å². The van der Waals surface area contributed by atoms with Gasteiger partial charge in [-0.25, -0.2) is 0 Å². The number of benzene rings is 1. The lowest BCUT2D eigenvalue weighted by molar-refractivity contribution is -0.121. The molecule has 2 fully saturated rings. The molecule has 1 aromatic carbocycles. The minimum Gasteiger partial charge on any atom is -0.399 e. The highest BCUT2D eigenvalue weighted by Gasteiger charge is 2.38. The Balaban J connectivity index is 1.34. The van der Waals surface area contributed by atoms with Gasteiger partial charge in [-0.1, -0.05) is 24.6 Å². The highest BCUT2D eigenvalue weighted by molar-refractivity contribution is 5.76. The maximum Gasteiger partial charge on any atom is 0.220 e. The molecule has 114 valence electrons. The van der Waals surface area contributed by atoms with E-state index in [1.54, 1.807) is 0 Å². The molecule has 3 rings (SSSR count). The fourth-order valence-corrected chi connectivity index (χ4v) is 4.23. The van der Waals surface area contributed by atoms with Gasteiger partial charge >= 0.3 is 0 Å². The van der Waals surface area contributed by atoms with Crippen LogP contribution >= 0.6 is 0 Å². The van der Waals surface area contributed by atoms with Crippen molar-refractivity contribution < 1.29 is 4.79 Å². The van der Waals surface area contributed by atoms with Gasteiger partial charge < -0.3 is 11.1 Å². The summed E-state index contributed by atoms with van der Waals surface area (Å²) in [6.45, 7) is 0.844. The van der Waals surface area contributed by atoms with Gasteiger partial charge in [-0.3, -0.25) is 4.79 Å². The summed E-state index contributed by atoms with van der Waals surface area (Å²) in [5.41, 5.74) is 7.75. The number of para-hydroxylation sites is 1. The summed E-state index contributed by atoms with van der Waals surface area (Å²) in [6, 6.07) is 7.78. The van der Waals surface area contributed by atoms with Gasteiger partial charge in [0.15, 0.2) is 0 Å². The minimum absolute atomic E-state index is 0.154. The van der Waals surface area contributed by atoms with Crippen LogP contribution in [0.15, 0.2) is 24.3 Å². The lowest BCUT2D eigenvalue weighted by atomic mass is 9.86. The molecule has 0 radical (unpaired) electrons. The zero-order valence-corrected chi connectivity index (χ0v) is 12.7. The summed E-state index contributed by atoms with van der Waals surface area (Å²) in [6.07, 6.45) is 8.16. The largest absolute Gasteiger partial charge is 0.399 e. The monoisotopic (exact) mass is 286 g/mol.